The summed E-state index contributed by atoms with van der Waals surface area (Å²) in [4.78, 5) is 0. The molecule has 0 unspecified atom stereocenters. The molecule has 1 saturated carbocycles. The summed E-state index contributed by atoms with van der Waals surface area (Å²) in [5, 5.41) is 6.97. The van der Waals surface area contributed by atoms with Crippen LogP contribution in [-0.4, -0.2) is 4.40 Å². The standard InChI is InChI=1S/C31H31N2/c1-17-10-11-24-25-14-18(2)19(3)27-30(25)33(29(24)20(17)4)26-16-23(21-8-6-7-9-21)15-22-12-13-32(5)31(27)28(22)26/h10-16,21H,6-9H2,1-5H3/q+1. The molecule has 0 saturated heterocycles. The number of pyridine rings is 2. The van der Waals surface area contributed by atoms with E-state index in [0.29, 0.717) is 5.92 Å². The molecule has 0 bridgehead atoms. The number of rotatable bonds is 1. The molecule has 2 heteroatoms. The molecule has 0 aliphatic heterocycles. The summed E-state index contributed by atoms with van der Waals surface area (Å²) in [6.07, 6.45) is 7.65. The van der Waals surface area contributed by atoms with E-state index in [2.05, 4.69) is 86.3 Å². The van der Waals surface area contributed by atoms with E-state index < -0.39 is 0 Å². The fourth-order valence-electron chi connectivity index (χ4n) is 6.77. The molecular formula is C31H31N2+. The molecule has 1 fully saturated rings. The predicted molar refractivity (Wildman–Crippen MR) is 140 cm³/mol. The third-order valence-electron chi connectivity index (χ3n) is 8.80. The second-order valence-electron chi connectivity index (χ2n) is 10.6. The maximum absolute atomic E-state index is 2.63. The van der Waals surface area contributed by atoms with Gasteiger partial charge < -0.3 is 4.40 Å². The Labute approximate surface area is 194 Å². The molecule has 6 aromatic rings. The molecule has 164 valence electrons. The summed E-state index contributed by atoms with van der Waals surface area (Å²) in [5.74, 6) is 0.698. The monoisotopic (exact) mass is 431 g/mol. The number of aryl methyl sites for hydroxylation is 5. The summed E-state index contributed by atoms with van der Waals surface area (Å²) in [6, 6.07) is 14.4. The Bertz CT molecular complexity index is 1760. The van der Waals surface area contributed by atoms with Crippen molar-refractivity contribution in [2.45, 2.75) is 59.3 Å². The van der Waals surface area contributed by atoms with Crippen molar-refractivity contribution in [1.82, 2.24) is 4.40 Å². The minimum atomic E-state index is 0.698. The predicted octanol–water partition coefficient (Wildman–Crippen LogP) is 7.71. The van der Waals surface area contributed by atoms with Crippen LogP contribution in [0.15, 0.2) is 42.6 Å². The Morgan fingerprint density at radius 2 is 1.58 bits per heavy atom. The van der Waals surface area contributed by atoms with E-state index in [1.54, 1.807) is 0 Å². The Balaban J connectivity index is 1.86. The van der Waals surface area contributed by atoms with Gasteiger partial charge in [0, 0.05) is 16.8 Å². The number of nitrogens with zero attached hydrogens (tertiary/aromatic N) is 2. The van der Waals surface area contributed by atoms with Crippen LogP contribution in [0.5, 0.6) is 0 Å². The van der Waals surface area contributed by atoms with Gasteiger partial charge in [0.15, 0.2) is 6.20 Å². The second kappa shape index (κ2) is 6.47. The summed E-state index contributed by atoms with van der Waals surface area (Å²) in [5.41, 5.74) is 12.6. The van der Waals surface area contributed by atoms with Crippen molar-refractivity contribution >= 4 is 49.0 Å². The average molecular weight is 432 g/mol. The molecule has 3 aromatic heterocycles. The lowest BCUT2D eigenvalue weighted by molar-refractivity contribution is -0.643. The largest absolute Gasteiger partial charge is 0.307 e. The molecule has 1 aliphatic carbocycles. The lowest BCUT2D eigenvalue weighted by atomic mass is 9.92. The van der Waals surface area contributed by atoms with E-state index in [4.69, 9.17) is 0 Å². The minimum absolute atomic E-state index is 0.698. The number of hydrogen-bond donors (Lipinski definition) is 0. The highest BCUT2D eigenvalue weighted by Crippen LogP contribution is 2.44. The maximum atomic E-state index is 2.63. The van der Waals surface area contributed by atoms with Crippen LogP contribution in [-0.2, 0) is 7.05 Å². The fourth-order valence-corrected chi connectivity index (χ4v) is 6.77. The molecule has 0 spiro atoms. The Morgan fingerprint density at radius 3 is 2.36 bits per heavy atom. The fraction of sp³-hybridized carbons (Fsp3) is 0.323. The molecule has 0 radical (unpaired) electrons. The second-order valence-corrected chi connectivity index (χ2v) is 10.6. The highest BCUT2D eigenvalue weighted by molar-refractivity contribution is 6.26. The van der Waals surface area contributed by atoms with Gasteiger partial charge in [-0.1, -0.05) is 31.0 Å². The minimum Gasteiger partial charge on any atom is -0.307 e. The zero-order valence-electron chi connectivity index (χ0n) is 20.3. The first-order chi connectivity index (χ1) is 16.0. The summed E-state index contributed by atoms with van der Waals surface area (Å²) >= 11 is 0. The van der Waals surface area contributed by atoms with Crippen LogP contribution in [0.25, 0.3) is 49.0 Å². The third kappa shape index (κ3) is 2.37. The van der Waals surface area contributed by atoms with Gasteiger partial charge in [-0.25, -0.2) is 4.57 Å². The first kappa shape index (κ1) is 19.3. The van der Waals surface area contributed by atoms with Crippen LogP contribution in [0.1, 0.15) is 59.4 Å². The highest BCUT2D eigenvalue weighted by atomic mass is 15.0. The van der Waals surface area contributed by atoms with Crippen molar-refractivity contribution in [1.29, 1.82) is 0 Å². The summed E-state index contributed by atoms with van der Waals surface area (Å²) in [7, 11) is 2.21. The summed E-state index contributed by atoms with van der Waals surface area (Å²) < 4.78 is 4.98. The van der Waals surface area contributed by atoms with Gasteiger partial charge in [-0.2, -0.15) is 0 Å². The molecule has 3 aromatic carbocycles. The first-order valence-corrected chi connectivity index (χ1v) is 12.5. The summed E-state index contributed by atoms with van der Waals surface area (Å²) in [6.45, 7) is 9.13. The van der Waals surface area contributed by atoms with E-state index in [0.717, 1.165) is 0 Å². The zero-order valence-corrected chi connectivity index (χ0v) is 20.3. The molecule has 3 heterocycles. The molecule has 0 N–H and O–H groups in total. The molecule has 1 aliphatic rings. The topological polar surface area (TPSA) is 8.29 Å². The molecule has 33 heavy (non-hydrogen) atoms. The van der Waals surface area contributed by atoms with Gasteiger partial charge in [0.25, 0.3) is 0 Å². The lowest BCUT2D eigenvalue weighted by Crippen LogP contribution is -2.29. The lowest BCUT2D eigenvalue weighted by Gasteiger charge is -2.17. The van der Waals surface area contributed by atoms with Gasteiger partial charge in [-0.15, -0.1) is 0 Å². The Kier molecular flexibility index (Phi) is 3.79. The molecular weight excluding hydrogens is 400 g/mol. The smallest absolute Gasteiger partial charge is 0.224 e. The van der Waals surface area contributed by atoms with Gasteiger partial charge in [0.1, 0.15) is 7.05 Å². The third-order valence-corrected chi connectivity index (χ3v) is 8.80. The average Bonchev–Trinajstić information content (AvgIpc) is 3.45. The normalized spacial score (nSPS) is 15.4. The molecule has 7 rings (SSSR count). The zero-order chi connectivity index (χ0) is 22.6. The van der Waals surface area contributed by atoms with Crippen LogP contribution in [0, 0.1) is 27.7 Å². The van der Waals surface area contributed by atoms with E-state index in [1.807, 2.05) is 0 Å². The van der Waals surface area contributed by atoms with E-state index >= 15 is 0 Å². The van der Waals surface area contributed by atoms with Crippen LogP contribution in [0.2, 0.25) is 0 Å². The first-order valence-electron chi connectivity index (χ1n) is 12.5. The van der Waals surface area contributed by atoms with Crippen molar-refractivity contribution in [3.05, 3.63) is 70.4 Å². The van der Waals surface area contributed by atoms with E-state index in [1.165, 1.54) is 102 Å². The van der Waals surface area contributed by atoms with Gasteiger partial charge >= 0.3 is 0 Å². The maximum Gasteiger partial charge on any atom is 0.224 e. The van der Waals surface area contributed by atoms with Crippen molar-refractivity contribution in [2.75, 3.05) is 0 Å². The number of aromatic nitrogens is 2. The Morgan fingerprint density at radius 1 is 0.788 bits per heavy atom. The van der Waals surface area contributed by atoms with Crippen LogP contribution < -0.4 is 4.57 Å². The van der Waals surface area contributed by atoms with Gasteiger partial charge in [-0.3, -0.25) is 0 Å². The van der Waals surface area contributed by atoms with Gasteiger partial charge in [0.05, 0.1) is 27.3 Å². The van der Waals surface area contributed by atoms with Crippen molar-refractivity contribution in [3.8, 4) is 0 Å². The van der Waals surface area contributed by atoms with Gasteiger partial charge in [-0.05, 0) is 91.8 Å². The quantitative estimate of drug-likeness (QED) is 0.143. The van der Waals surface area contributed by atoms with Crippen LogP contribution in [0.4, 0.5) is 0 Å². The number of benzene rings is 3. The van der Waals surface area contributed by atoms with Gasteiger partial charge in [0.2, 0.25) is 5.52 Å². The van der Waals surface area contributed by atoms with Crippen LogP contribution in [0.3, 0.4) is 0 Å². The Hall–Kier alpha value is -3.13. The molecule has 2 nitrogen and oxygen atoms in total. The van der Waals surface area contributed by atoms with Crippen LogP contribution >= 0.6 is 0 Å². The van der Waals surface area contributed by atoms with Crippen molar-refractivity contribution < 1.29 is 4.57 Å². The molecule has 0 amide bonds. The van der Waals surface area contributed by atoms with Crippen molar-refractivity contribution in [3.63, 3.8) is 0 Å². The van der Waals surface area contributed by atoms with Crippen molar-refractivity contribution in [2.24, 2.45) is 7.05 Å². The van der Waals surface area contributed by atoms with E-state index in [9.17, 15) is 0 Å². The highest BCUT2D eigenvalue weighted by Gasteiger charge is 2.27. The number of hydrogen-bond acceptors (Lipinski definition) is 0. The SMILES string of the molecule is Cc1cc2c3ccc(C)c(C)c3n3c4cc(C5CCCC5)cc5cc[n+](C)c(c(c1C)c23)c54. The number of fused-ring (bicyclic) bond motifs is 5. The van der Waals surface area contributed by atoms with E-state index in [-0.39, 0.29) is 0 Å². The molecule has 0 atom stereocenters.